The maximum atomic E-state index is 12.7. The molecule has 0 bridgehead atoms. The van der Waals surface area contributed by atoms with Gasteiger partial charge in [0.2, 0.25) is 0 Å². The number of hydrogen-bond acceptors (Lipinski definition) is 2. The Bertz CT molecular complexity index is 460. The summed E-state index contributed by atoms with van der Waals surface area (Å²) in [7, 11) is 0. The highest BCUT2D eigenvalue weighted by Gasteiger charge is 2.34. The van der Waals surface area contributed by atoms with E-state index >= 15 is 0 Å². The molecule has 0 spiro atoms. The molecule has 1 aromatic rings. The van der Waals surface area contributed by atoms with Gasteiger partial charge in [0.25, 0.3) is 0 Å². The third-order valence-corrected chi connectivity index (χ3v) is 2.47. The second kappa shape index (κ2) is 5.00. The fourth-order valence-electron chi connectivity index (χ4n) is 1.58. The molecule has 0 fully saturated rings. The first-order chi connectivity index (χ1) is 7.90. The van der Waals surface area contributed by atoms with E-state index in [9.17, 15) is 18.0 Å². The molecule has 0 N–H and O–H groups in total. The Kier molecular flexibility index (Phi) is 3.89. The summed E-state index contributed by atoms with van der Waals surface area (Å²) in [5.41, 5.74) is -0.333. The van der Waals surface area contributed by atoms with Gasteiger partial charge in [-0.3, -0.25) is 0 Å². The summed E-state index contributed by atoms with van der Waals surface area (Å²) in [5.74, 6) is -1.04. The number of nitrogens with zero attached hydrogens (tertiary/aromatic N) is 1. The van der Waals surface area contributed by atoms with Crippen LogP contribution in [0.5, 0.6) is 0 Å². The molecule has 0 aromatic heterocycles. The minimum atomic E-state index is -4.47. The summed E-state index contributed by atoms with van der Waals surface area (Å²) < 4.78 is 38.1. The minimum absolute atomic E-state index is 0.0126. The van der Waals surface area contributed by atoms with Gasteiger partial charge in [-0.15, -0.1) is 0 Å². The number of nitriles is 1. The second-order valence-corrected chi connectivity index (χ2v) is 3.67. The van der Waals surface area contributed by atoms with E-state index in [1.54, 1.807) is 6.07 Å². The highest BCUT2D eigenvalue weighted by molar-refractivity contribution is 5.59. The second-order valence-electron chi connectivity index (χ2n) is 3.67. The van der Waals surface area contributed by atoms with Gasteiger partial charge >= 0.3 is 6.18 Å². The number of carbonyl (C=O) groups is 1. The lowest BCUT2D eigenvalue weighted by molar-refractivity contribution is -0.138. The number of alkyl halides is 3. The fraction of sp³-hybridized carbons (Fsp3) is 0.333. The lowest BCUT2D eigenvalue weighted by atomic mass is 9.93. The van der Waals surface area contributed by atoms with Gasteiger partial charge in [0.1, 0.15) is 12.2 Å². The van der Waals surface area contributed by atoms with Crippen LogP contribution in [-0.2, 0) is 17.4 Å². The molecule has 1 unspecified atom stereocenters. The molecule has 0 saturated carbocycles. The van der Waals surface area contributed by atoms with Gasteiger partial charge in [-0.05, 0) is 30.5 Å². The summed E-state index contributed by atoms with van der Waals surface area (Å²) in [6, 6.07) is 5.47. The quantitative estimate of drug-likeness (QED) is 0.763. The standard InChI is InChI=1S/C12H10F3NO/c1-8-3-2-4-11(12(13,14)15)10(8)5-9(6-16)7-17/h2-4,7,9H,5H2,1H3. The van der Waals surface area contributed by atoms with Crippen LogP contribution in [0.15, 0.2) is 18.2 Å². The SMILES string of the molecule is Cc1cccc(C(F)(F)F)c1CC(C#N)C=O. The Hall–Kier alpha value is -1.83. The van der Waals surface area contributed by atoms with E-state index in [2.05, 4.69) is 0 Å². The van der Waals surface area contributed by atoms with Crippen LogP contribution in [0, 0.1) is 24.2 Å². The minimum Gasteiger partial charge on any atom is -0.302 e. The van der Waals surface area contributed by atoms with E-state index in [1.807, 2.05) is 0 Å². The zero-order chi connectivity index (χ0) is 13.1. The van der Waals surface area contributed by atoms with Gasteiger partial charge in [-0.2, -0.15) is 18.4 Å². The van der Waals surface area contributed by atoms with Crippen LogP contribution < -0.4 is 0 Å². The third kappa shape index (κ3) is 3.06. The lowest BCUT2D eigenvalue weighted by Gasteiger charge is -2.15. The van der Waals surface area contributed by atoms with E-state index in [0.29, 0.717) is 11.8 Å². The third-order valence-electron chi connectivity index (χ3n) is 2.47. The molecular weight excluding hydrogens is 231 g/mol. The molecule has 0 heterocycles. The largest absolute Gasteiger partial charge is 0.416 e. The Morgan fingerprint density at radius 2 is 2.12 bits per heavy atom. The van der Waals surface area contributed by atoms with E-state index < -0.39 is 17.7 Å². The monoisotopic (exact) mass is 241 g/mol. The summed E-state index contributed by atoms with van der Waals surface area (Å²) >= 11 is 0. The van der Waals surface area contributed by atoms with Crippen molar-refractivity contribution in [3.63, 3.8) is 0 Å². The molecule has 0 aliphatic heterocycles. The summed E-state index contributed by atoms with van der Waals surface area (Å²) in [6.45, 7) is 1.53. The number of hydrogen-bond donors (Lipinski definition) is 0. The van der Waals surface area contributed by atoms with Crippen LogP contribution in [0.25, 0.3) is 0 Å². The first-order valence-corrected chi connectivity index (χ1v) is 4.90. The van der Waals surface area contributed by atoms with E-state index in [0.717, 1.165) is 6.07 Å². The molecular formula is C12H10F3NO. The van der Waals surface area contributed by atoms with E-state index in [-0.39, 0.29) is 12.0 Å². The Morgan fingerprint density at radius 3 is 2.59 bits per heavy atom. The number of aryl methyl sites for hydroxylation is 1. The van der Waals surface area contributed by atoms with Crippen molar-refractivity contribution in [1.29, 1.82) is 5.26 Å². The normalized spacial score (nSPS) is 12.9. The molecule has 5 heteroatoms. The molecule has 1 aromatic carbocycles. The molecule has 90 valence electrons. The molecule has 0 amide bonds. The first-order valence-electron chi connectivity index (χ1n) is 4.90. The van der Waals surface area contributed by atoms with Gasteiger partial charge in [-0.1, -0.05) is 12.1 Å². The molecule has 1 atom stereocenters. The fourth-order valence-corrected chi connectivity index (χ4v) is 1.58. The number of carbonyl (C=O) groups excluding carboxylic acids is 1. The maximum absolute atomic E-state index is 12.7. The predicted molar refractivity (Wildman–Crippen MR) is 55.1 cm³/mol. The van der Waals surface area contributed by atoms with E-state index in [1.165, 1.54) is 19.1 Å². The highest BCUT2D eigenvalue weighted by Crippen LogP contribution is 2.34. The van der Waals surface area contributed by atoms with Crippen molar-refractivity contribution in [1.82, 2.24) is 0 Å². The Morgan fingerprint density at radius 1 is 1.47 bits per heavy atom. The summed E-state index contributed by atoms with van der Waals surface area (Å²) in [5, 5.41) is 8.61. The van der Waals surface area contributed by atoms with Gasteiger partial charge < -0.3 is 4.79 Å². The predicted octanol–water partition coefficient (Wildman–Crippen LogP) is 2.90. The van der Waals surface area contributed by atoms with Crippen molar-refractivity contribution in [3.8, 4) is 6.07 Å². The van der Waals surface area contributed by atoms with Crippen molar-refractivity contribution in [2.45, 2.75) is 19.5 Å². The number of benzene rings is 1. The van der Waals surface area contributed by atoms with Crippen LogP contribution in [-0.4, -0.2) is 6.29 Å². The van der Waals surface area contributed by atoms with Gasteiger partial charge in [0, 0.05) is 0 Å². The number of halogens is 3. The van der Waals surface area contributed by atoms with Crippen LogP contribution >= 0.6 is 0 Å². The zero-order valence-electron chi connectivity index (χ0n) is 9.08. The van der Waals surface area contributed by atoms with Crippen molar-refractivity contribution in [2.75, 3.05) is 0 Å². The van der Waals surface area contributed by atoms with Crippen LogP contribution in [0.4, 0.5) is 13.2 Å². The van der Waals surface area contributed by atoms with Crippen molar-refractivity contribution < 1.29 is 18.0 Å². The number of rotatable bonds is 3. The van der Waals surface area contributed by atoms with Crippen LogP contribution in [0.1, 0.15) is 16.7 Å². The average molecular weight is 241 g/mol. The van der Waals surface area contributed by atoms with Crippen molar-refractivity contribution >= 4 is 6.29 Å². The van der Waals surface area contributed by atoms with Crippen LogP contribution in [0.3, 0.4) is 0 Å². The Balaban J connectivity index is 3.22. The van der Waals surface area contributed by atoms with Gasteiger partial charge in [0.15, 0.2) is 0 Å². The molecule has 0 aliphatic rings. The Labute approximate surface area is 96.7 Å². The molecule has 0 aliphatic carbocycles. The van der Waals surface area contributed by atoms with Gasteiger partial charge in [-0.25, -0.2) is 0 Å². The summed E-state index contributed by atoms with van der Waals surface area (Å²) in [6.07, 6.45) is -4.31. The van der Waals surface area contributed by atoms with Crippen molar-refractivity contribution in [3.05, 3.63) is 34.9 Å². The average Bonchev–Trinajstić information content (AvgIpc) is 2.26. The zero-order valence-corrected chi connectivity index (χ0v) is 9.08. The van der Waals surface area contributed by atoms with Crippen LogP contribution in [0.2, 0.25) is 0 Å². The van der Waals surface area contributed by atoms with E-state index in [4.69, 9.17) is 5.26 Å². The van der Waals surface area contributed by atoms with Gasteiger partial charge in [0.05, 0.1) is 11.6 Å². The molecule has 1 rings (SSSR count). The number of aldehydes is 1. The lowest BCUT2D eigenvalue weighted by Crippen LogP contribution is -2.14. The maximum Gasteiger partial charge on any atom is 0.416 e. The molecule has 17 heavy (non-hydrogen) atoms. The summed E-state index contributed by atoms with van der Waals surface area (Å²) in [4.78, 5) is 10.5. The smallest absolute Gasteiger partial charge is 0.302 e. The highest BCUT2D eigenvalue weighted by atomic mass is 19.4. The van der Waals surface area contributed by atoms with Crippen molar-refractivity contribution in [2.24, 2.45) is 5.92 Å². The molecule has 0 radical (unpaired) electrons. The topological polar surface area (TPSA) is 40.9 Å². The first kappa shape index (κ1) is 13.2. The molecule has 0 saturated heterocycles. The molecule has 2 nitrogen and oxygen atoms in total.